The normalized spacial score (nSPS) is 26.1. The smallest absolute Gasteiger partial charge is 0.403 e. The zero-order valence-corrected chi connectivity index (χ0v) is 19.6. The standard InChI is InChI=1S/C28H36F4O/c1-2-3-4-7-21-10-15-24(16-11-21)25-17-12-22(13-18-25)8-5-6-9-23-14-19-27(26(29)20-23)33-28(30,31)32/h5,8,14,19-22,24-25H,2-4,7,10-13,15-18H2,1H3/b8-5+. The van der Waals surface area contributed by atoms with E-state index in [1.54, 1.807) is 6.08 Å². The summed E-state index contributed by atoms with van der Waals surface area (Å²) in [7, 11) is 0. The van der Waals surface area contributed by atoms with Crippen molar-refractivity contribution in [1.82, 2.24) is 0 Å². The lowest BCUT2D eigenvalue weighted by Crippen LogP contribution is -2.25. The van der Waals surface area contributed by atoms with E-state index in [0.717, 1.165) is 29.9 Å². The molecule has 1 aromatic rings. The second kappa shape index (κ2) is 12.5. The number of allylic oxidation sites excluding steroid dienone is 2. The highest BCUT2D eigenvalue weighted by Gasteiger charge is 2.32. The first-order valence-electron chi connectivity index (χ1n) is 12.6. The summed E-state index contributed by atoms with van der Waals surface area (Å²) in [6.45, 7) is 2.27. The Kier molecular flexibility index (Phi) is 9.71. The number of hydrogen-bond acceptors (Lipinski definition) is 1. The Morgan fingerprint density at radius 2 is 1.64 bits per heavy atom. The summed E-state index contributed by atoms with van der Waals surface area (Å²) >= 11 is 0. The number of halogens is 4. The van der Waals surface area contributed by atoms with Crippen LogP contribution in [0.1, 0.15) is 89.5 Å². The number of unbranched alkanes of at least 4 members (excludes halogenated alkanes) is 2. The molecule has 2 saturated carbocycles. The van der Waals surface area contributed by atoms with Crippen molar-refractivity contribution in [3.63, 3.8) is 0 Å². The molecule has 0 spiro atoms. The van der Waals surface area contributed by atoms with Crippen molar-refractivity contribution < 1.29 is 22.3 Å². The maximum atomic E-state index is 13.8. The first-order valence-corrected chi connectivity index (χ1v) is 12.6. The monoisotopic (exact) mass is 464 g/mol. The molecule has 0 saturated heterocycles. The number of rotatable bonds is 7. The van der Waals surface area contributed by atoms with Gasteiger partial charge < -0.3 is 4.74 Å². The third-order valence-electron chi connectivity index (χ3n) is 7.42. The molecule has 2 aliphatic carbocycles. The largest absolute Gasteiger partial charge is 0.573 e. The number of alkyl halides is 3. The fourth-order valence-electron chi connectivity index (χ4n) is 5.54. The summed E-state index contributed by atoms with van der Waals surface area (Å²) < 4.78 is 54.0. The van der Waals surface area contributed by atoms with Crippen LogP contribution in [-0.4, -0.2) is 6.36 Å². The number of ether oxygens (including phenoxy) is 1. The van der Waals surface area contributed by atoms with Crippen LogP contribution in [0, 0.1) is 41.3 Å². The Labute approximate surface area is 196 Å². The second-order valence-electron chi connectivity index (χ2n) is 9.77. The molecule has 0 N–H and O–H groups in total. The van der Waals surface area contributed by atoms with E-state index >= 15 is 0 Å². The predicted molar refractivity (Wildman–Crippen MR) is 124 cm³/mol. The molecule has 3 rings (SSSR count). The average molecular weight is 465 g/mol. The fraction of sp³-hybridized carbons (Fsp3) is 0.643. The Morgan fingerprint density at radius 1 is 0.970 bits per heavy atom. The molecule has 1 nitrogen and oxygen atoms in total. The summed E-state index contributed by atoms with van der Waals surface area (Å²) in [6, 6.07) is 3.25. The van der Waals surface area contributed by atoms with Gasteiger partial charge in [0.25, 0.3) is 0 Å². The molecule has 0 radical (unpaired) electrons. The van der Waals surface area contributed by atoms with Gasteiger partial charge in [-0.3, -0.25) is 0 Å². The van der Waals surface area contributed by atoms with Crippen LogP contribution in [0.4, 0.5) is 17.6 Å². The van der Waals surface area contributed by atoms with Crippen LogP contribution in [0.3, 0.4) is 0 Å². The van der Waals surface area contributed by atoms with Gasteiger partial charge in [-0.05, 0) is 86.5 Å². The van der Waals surface area contributed by atoms with E-state index in [0.29, 0.717) is 11.5 Å². The molecule has 0 bridgehead atoms. The van der Waals surface area contributed by atoms with Gasteiger partial charge in [0.2, 0.25) is 0 Å². The van der Waals surface area contributed by atoms with Gasteiger partial charge in [-0.2, -0.15) is 0 Å². The molecular formula is C28H36F4O. The minimum atomic E-state index is -4.91. The lowest BCUT2D eigenvalue weighted by Gasteiger charge is -2.37. The lowest BCUT2D eigenvalue weighted by atomic mass is 9.68. The van der Waals surface area contributed by atoms with Crippen LogP contribution in [0.5, 0.6) is 5.75 Å². The lowest BCUT2D eigenvalue weighted by molar-refractivity contribution is -0.275. The minimum absolute atomic E-state index is 0.320. The Hall–Kier alpha value is -1.96. The molecule has 0 aliphatic heterocycles. The SMILES string of the molecule is CCCCCC1CCC(C2CCC(/C=C/C#Cc3ccc(OC(F)(F)F)c(F)c3)CC2)CC1. The maximum absolute atomic E-state index is 13.8. The summed E-state index contributed by atoms with van der Waals surface area (Å²) in [5, 5.41) is 0. The summed E-state index contributed by atoms with van der Waals surface area (Å²) in [6.07, 6.45) is 15.2. The zero-order valence-electron chi connectivity index (χ0n) is 19.6. The first kappa shape index (κ1) is 25.7. The van der Waals surface area contributed by atoms with Crippen molar-refractivity contribution in [1.29, 1.82) is 0 Å². The quantitative estimate of drug-likeness (QED) is 0.222. The first-order chi connectivity index (χ1) is 15.8. The van der Waals surface area contributed by atoms with E-state index < -0.39 is 17.9 Å². The van der Waals surface area contributed by atoms with Crippen LogP contribution in [-0.2, 0) is 0 Å². The molecule has 0 heterocycles. The molecule has 33 heavy (non-hydrogen) atoms. The molecule has 182 valence electrons. The van der Waals surface area contributed by atoms with Crippen LogP contribution >= 0.6 is 0 Å². The van der Waals surface area contributed by atoms with Gasteiger partial charge in [-0.15, -0.1) is 13.2 Å². The van der Waals surface area contributed by atoms with Gasteiger partial charge >= 0.3 is 6.36 Å². The Balaban J connectivity index is 1.39. The summed E-state index contributed by atoms with van der Waals surface area (Å²) in [5.74, 6) is 7.03. The molecule has 0 amide bonds. The van der Waals surface area contributed by atoms with Crippen LogP contribution in [0.25, 0.3) is 0 Å². The van der Waals surface area contributed by atoms with Crippen molar-refractivity contribution in [3.05, 3.63) is 41.7 Å². The van der Waals surface area contributed by atoms with Crippen molar-refractivity contribution in [2.24, 2.45) is 23.7 Å². The highest BCUT2D eigenvalue weighted by Crippen LogP contribution is 2.42. The van der Waals surface area contributed by atoms with E-state index in [1.807, 2.05) is 0 Å². The molecule has 2 fully saturated rings. The van der Waals surface area contributed by atoms with Crippen molar-refractivity contribution in [2.75, 3.05) is 0 Å². The molecule has 0 aromatic heterocycles. The zero-order chi connectivity index (χ0) is 23.7. The Bertz CT molecular complexity index is 817. The minimum Gasteiger partial charge on any atom is -0.403 e. The fourth-order valence-corrected chi connectivity index (χ4v) is 5.54. The molecule has 1 aromatic carbocycles. The van der Waals surface area contributed by atoms with E-state index in [9.17, 15) is 17.6 Å². The van der Waals surface area contributed by atoms with Gasteiger partial charge in [0.05, 0.1) is 0 Å². The average Bonchev–Trinajstić information content (AvgIpc) is 2.79. The highest BCUT2D eigenvalue weighted by atomic mass is 19.4. The molecule has 0 atom stereocenters. The predicted octanol–water partition coefficient (Wildman–Crippen LogP) is 8.83. The highest BCUT2D eigenvalue weighted by molar-refractivity contribution is 5.41. The summed E-state index contributed by atoms with van der Waals surface area (Å²) in [4.78, 5) is 0. The van der Waals surface area contributed by atoms with E-state index in [2.05, 4.69) is 29.6 Å². The third kappa shape index (κ3) is 8.72. The van der Waals surface area contributed by atoms with E-state index in [1.165, 1.54) is 83.1 Å². The van der Waals surface area contributed by atoms with Gasteiger partial charge in [-0.25, -0.2) is 4.39 Å². The molecule has 2 aliphatic rings. The summed E-state index contributed by atoms with van der Waals surface area (Å²) in [5.41, 5.74) is 0.320. The van der Waals surface area contributed by atoms with Crippen molar-refractivity contribution in [3.8, 4) is 17.6 Å². The molecule has 5 heteroatoms. The van der Waals surface area contributed by atoms with Gasteiger partial charge in [0.15, 0.2) is 11.6 Å². The van der Waals surface area contributed by atoms with Crippen LogP contribution < -0.4 is 4.74 Å². The van der Waals surface area contributed by atoms with E-state index in [4.69, 9.17) is 0 Å². The van der Waals surface area contributed by atoms with Crippen molar-refractivity contribution in [2.45, 2.75) is 90.3 Å². The maximum Gasteiger partial charge on any atom is 0.573 e. The third-order valence-corrected chi connectivity index (χ3v) is 7.42. The van der Waals surface area contributed by atoms with E-state index in [-0.39, 0.29) is 0 Å². The molecule has 0 unspecified atom stereocenters. The topological polar surface area (TPSA) is 9.23 Å². The van der Waals surface area contributed by atoms with Crippen LogP contribution in [0.2, 0.25) is 0 Å². The van der Waals surface area contributed by atoms with Gasteiger partial charge in [0, 0.05) is 5.56 Å². The molecular weight excluding hydrogens is 428 g/mol. The van der Waals surface area contributed by atoms with Crippen LogP contribution in [0.15, 0.2) is 30.4 Å². The van der Waals surface area contributed by atoms with Gasteiger partial charge in [-0.1, -0.05) is 63.4 Å². The van der Waals surface area contributed by atoms with Crippen molar-refractivity contribution >= 4 is 0 Å². The number of hydrogen-bond donors (Lipinski definition) is 0. The van der Waals surface area contributed by atoms with Gasteiger partial charge in [0.1, 0.15) is 0 Å². The Morgan fingerprint density at radius 3 is 2.24 bits per heavy atom. The number of benzene rings is 1. The second-order valence-corrected chi connectivity index (χ2v) is 9.77.